The van der Waals surface area contributed by atoms with Crippen LogP contribution in [0.1, 0.15) is 24.6 Å². The molecule has 0 aromatic heterocycles. The van der Waals surface area contributed by atoms with Gasteiger partial charge in [0.25, 0.3) is 0 Å². The van der Waals surface area contributed by atoms with Crippen molar-refractivity contribution < 1.29 is 4.39 Å². The molecule has 0 spiro atoms. The van der Waals surface area contributed by atoms with Gasteiger partial charge in [-0.25, -0.2) is 4.39 Å². The molecule has 2 atom stereocenters. The van der Waals surface area contributed by atoms with Crippen LogP contribution in [0.25, 0.3) is 0 Å². The lowest BCUT2D eigenvalue weighted by Gasteiger charge is -2.15. The van der Waals surface area contributed by atoms with E-state index in [0.29, 0.717) is 0 Å². The summed E-state index contributed by atoms with van der Waals surface area (Å²) in [5.41, 5.74) is 0.793. The molecular weight excluding hydrogens is 201 g/mol. The highest BCUT2D eigenvalue weighted by Crippen LogP contribution is 2.26. The Balaban J connectivity index is 0.000000980. The number of rotatable bonds is 2. The van der Waals surface area contributed by atoms with E-state index in [4.69, 9.17) is 0 Å². The van der Waals surface area contributed by atoms with Crippen LogP contribution >= 0.6 is 12.4 Å². The first-order valence-electron chi connectivity index (χ1n) is 4.80. The molecule has 14 heavy (non-hydrogen) atoms. The zero-order valence-corrected chi connectivity index (χ0v) is 8.77. The van der Waals surface area contributed by atoms with E-state index in [0.717, 1.165) is 24.9 Å². The molecule has 1 aromatic carbocycles. The molecule has 1 fully saturated rings. The van der Waals surface area contributed by atoms with Crippen molar-refractivity contribution in [3.8, 4) is 0 Å². The molecule has 1 aliphatic heterocycles. The first-order valence-corrected chi connectivity index (χ1v) is 4.80. The smallest absolute Gasteiger partial charge is 0.140 e. The van der Waals surface area contributed by atoms with Gasteiger partial charge >= 0.3 is 0 Å². The highest BCUT2D eigenvalue weighted by Gasteiger charge is 2.24. The molecule has 78 valence electrons. The minimum absolute atomic E-state index is 0. The van der Waals surface area contributed by atoms with Gasteiger partial charge in [0.05, 0.1) is 0 Å². The van der Waals surface area contributed by atoms with Gasteiger partial charge in [-0.15, -0.1) is 12.4 Å². The van der Waals surface area contributed by atoms with E-state index in [9.17, 15) is 4.39 Å². The summed E-state index contributed by atoms with van der Waals surface area (Å²) >= 11 is 0. The van der Waals surface area contributed by atoms with Crippen LogP contribution in [-0.2, 0) is 0 Å². The second-order valence-corrected chi connectivity index (χ2v) is 3.52. The molecular formula is C11H15ClFN. The summed E-state index contributed by atoms with van der Waals surface area (Å²) in [5.74, 6) is 0. The van der Waals surface area contributed by atoms with Gasteiger partial charge in [-0.2, -0.15) is 0 Å². The fourth-order valence-electron chi connectivity index (χ4n) is 1.83. The van der Waals surface area contributed by atoms with Crippen LogP contribution in [0.3, 0.4) is 0 Å². The molecule has 3 heteroatoms. The Hall–Kier alpha value is -0.600. The van der Waals surface area contributed by atoms with Crippen molar-refractivity contribution in [3.05, 3.63) is 35.9 Å². The maximum atomic E-state index is 13.8. The number of benzene rings is 1. The first-order chi connectivity index (χ1) is 6.38. The van der Waals surface area contributed by atoms with Crippen molar-refractivity contribution in [2.45, 2.75) is 25.1 Å². The molecule has 1 aromatic rings. The Bertz CT molecular complexity index is 259. The molecule has 1 nitrogen and oxygen atoms in total. The molecule has 1 saturated heterocycles. The quantitative estimate of drug-likeness (QED) is 0.800. The number of hydrogen-bond acceptors (Lipinski definition) is 1. The second kappa shape index (κ2) is 5.32. The maximum absolute atomic E-state index is 13.8. The number of alkyl halides is 1. The van der Waals surface area contributed by atoms with Gasteiger partial charge in [-0.05, 0) is 24.9 Å². The molecule has 0 saturated carbocycles. The van der Waals surface area contributed by atoms with Crippen LogP contribution in [0.4, 0.5) is 4.39 Å². The van der Waals surface area contributed by atoms with Crippen molar-refractivity contribution in [1.29, 1.82) is 0 Å². The normalized spacial score (nSPS) is 22.8. The van der Waals surface area contributed by atoms with Crippen LogP contribution in [-0.4, -0.2) is 12.6 Å². The Morgan fingerprint density at radius 1 is 1.29 bits per heavy atom. The average molecular weight is 216 g/mol. The molecule has 2 rings (SSSR count). The van der Waals surface area contributed by atoms with Crippen LogP contribution < -0.4 is 5.32 Å². The predicted octanol–water partition coefficient (Wildman–Crippen LogP) is 2.87. The van der Waals surface area contributed by atoms with E-state index in [-0.39, 0.29) is 18.4 Å². The summed E-state index contributed by atoms with van der Waals surface area (Å²) in [5, 5.41) is 3.18. The summed E-state index contributed by atoms with van der Waals surface area (Å²) in [7, 11) is 0. The summed E-state index contributed by atoms with van der Waals surface area (Å²) < 4.78 is 13.8. The van der Waals surface area contributed by atoms with Gasteiger partial charge in [0.15, 0.2) is 0 Å². The van der Waals surface area contributed by atoms with Gasteiger partial charge in [0.1, 0.15) is 6.17 Å². The zero-order valence-electron chi connectivity index (χ0n) is 7.95. The average Bonchev–Trinajstić information content (AvgIpc) is 2.71. The van der Waals surface area contributed by atoms with Crippen LogP contribution in [0, 0.1) is 0 Å². The Labute approximate surface area is 90.1 Å². The third-order valence-corrected chi connectivity index (χ3v) is 2.57. The lowest BCUT2D eigenvalue weighted by atomic mass is 10.0. The molecule has 0 bridgehead atoms. The Morgan fingerprint density at radius 2 is 2.00 bits per heavy atom. The molecule has 0 aliphatic carbocycles. The molecule has 2 unspecified atom stereocenters. The molecule has 1 aliphatic rings. The third-order valence-electron chi connectivity index (χ3n) is 2.57. The van der Waals surface area contributed by atoms with E-state index in [1.807, 2.05) is 30.3 Å². The Kier molecular flexibility index (Phi) is 4.36. The van der Waals surface area contributed by atoms with Crippen LogP contribution in [0.5, 0.6) is 0 Å². The van der Waals surface area contributed by atoms with Crippen molar-refractivity contribution in [3.63, 3.8) is 0 Å². The van der Waals surface area contributed by atoms with Crippen molar-refractivity contribution in [2.75, 3.05) is 6.54 Å². The first kappa shape index (κ1) is 11.5. The summed E-state index contributed by atoms with van der Waals surface area (Å²) in [6, 6.07) is 9.42. The third kappa shape index (κ3) is 2.46. The summed E-state index contributed by atoms with van der Waals surface area (Å²) in [6.07, 6.45) is 1.21. The highest BCUT2D eigenvalue weighted by atomic mass is 35.5. The predicted molar refractivity (Wildman–Crippen MR) is 58.6 cm³/mol. The van der Waals surface area contributed by atoms with E-state index < -0.39 is 6.17 Å². The van der Waals surface area contributed by atoms with Crippen molar-refractivity contribution in [1.82, 2.24) is 5.32 Å². The highest BCUT2D eigenvalue weighted by molar-refractivity contribution is 5.85. The second-order valence-electron chi connectivity index (χ2n) is 3.52. The lowest BCUT2D eigenvalue weighted by molar-refractivity contribution is 0.271. The van der Waals surface area contributed by atoms with Crippen molar-refractivity contribution in [2.24, 2.45) is 0 Å². The number of nitrogens with one attached hydrogen (secondary N) is 1. The Morgan fingerprint density at radius 3 is 2.57 bits per heavy atom. The summed E-state index contributed by atoms with van der Waals surface area (Å²) in [6.45, 7) is 0.956. The minimum Gasteiger partial charge on any atom is -0.311 e. The fraction of sp³-hybridized carbons (Fsp3) is 0.455. The van der Waals surface area contributed by atoms with E-state index in [1.165, 1.54) is 0 Å². The maximum Gasteiger partial charge on any atom is 0.140 e. The molecule has 0 radical (unpaired) electrons. The standard InChI is InChI=1S/C11H14FN.ClH/c12-11(10-7-4-8-13-10)9-5-2-1-3-6-9;/h1-3,5-6,10-11,13H,4,7-8H2;1H. The monoisotopic (exact) mass is 215 g/mol. The van der Waals surface area contributed by atoms with E-state index >= 15 is 0 Å². The van der Waals surface area contributed by atoms with E-state index in [1.54, 1.807) is 0 Å². The fourth-order valence-corrected chi connectivity index (χ4v) is 1.83. The summed E-state index contributed by atoms with van der Waals surface area (Å²) in [4.78, 5) is 0. The van der Waals surface area contributed by atoms with Gasteiger partial charge in [-0.1, -0.05) is 30.3 Å². The topological polar surface area (TPSA) is 12.0 Å². The van der Waals surface area contributed by atoms with Crippen LogP contribution in [0.15, 0.2) is 30.3 Å². The van der Waals surface area contributed by atoms with Gasteiger partial charge < -0.3 is 5.32 Å². The minimum atomic E-state index is -0.844. The SMILES string of the molecule is Cl.FC(c1ccccc1)C1CCCN1. The number of hydrogen-bond donors (Lipinski definition) is 1. The molecule has 1 N–H and O–H groups in total. The van der Waals surface area contributed by atoms with Crippen LogP contribution in [0.2, 0.25) is 0 Å². The van der Waals surface area contributed by atoms with Crippen molar-refractivity contribution >= 4 is 12.4 Å². The largest absolute Gasteiger partial charge is 0.311 e. The molecule has 1 heterocycles. The van der Waals surface area contributed by atoms with Gasteiger partial charge in [0, 0.05) is 6.04 Å². The molecule has 0 amide bonds. The lowest BCUT2D eigenvalue weighted by Crippen LogP contribution is -2.26. The van der Waals surface area contributed by atoms with Gasteiger partial charge in [0.2, 0.25) is 0 Å². The van der Waals surface area contributed by atoms with E-state index in [2.05, 4.69) is 5.32 Å². The zero-order chi connectivity index (χ0) is 9.10. The number of halogens is 2. The van der Waals surface area contributed by atoms with Gasteiger partial charge in [-0.3, -0.25) is 0 Å².